The summed E-state index contributed by atoms with van der Waals surface area (Å²) in [5, 5.41) is 12.9. The van der Waals surface area contributed by atoms with Crippen molar-refractivity contribution in [3.63, 3.8) is 0 Å². The molecule has 0 saturated heterocycles. The molecule has 24 heavy (non-hydrogen) atoms. The number of hydrogen-bond acceptors (Lipinski definition) is 3. The Morgan fingerprint density at radius 1 is 1.08 bits per heavy atom. The van der Waals surface area contributed by atoms with E-state index < -0.39 is 0 Å². The van der Waals surface area contributed by atoms with E-state index in [4.69, 9.17) is 0 Å². The van der Waals surface area contributed by atoms with Crippen molar-refractivity contribution in [3.8, 4) is 0 Å². The van der Waals surface area contributed by atoms with E-state index in [9.17, 15) is 5.11 Å². The van der Waals surface area contributed by atoms with Crippen molar-refractivity contribution in [2.75, 3.05) is 5.75 Å². The van der Waals surface area contributed by atoms with E-state index in [-0.39, 0.29) is 6.10 Å². The van der Waals surface area contributed by atoms with E-state index in [0.29, 0.717) is 12.3 Å². The third kappa shape index (κ3) is 3.08. The molecule has 0 radical (unpaired) electrons. The van der Waals surface area contributed by atoms with Crippen LogP contribution in [-0.2, 0) is 19.4 Å². The number of nitrogens with zero attached hydrogens (tertiary/aromatic N) is 2. The Bertz CT molecular complexity index is 828. The molecule has 2 heterocycles. The van der Waals surface area contributed by atoms with Crippen LogP contribution in [0.25, 0.3) is 10.9 Å². The maximum absolute atomic E-state index is 10.6. The van der Waals surface area contributed by atoms with Crippen LogP contribution >= 0.6 is 11.8 Å². The fraction of sp³-hybridized carbons (Fsp3) is 0.350. The number of aliphatic hydroxyl groups is 1. The van der Waals surface area contributed by atoms with Gasteiger partial charge in [-0.05, 0) is 49.4 Å². The minimum Gasteiger partial charge on any atom is -0.390 e. The van der Waals surface area contributed by atoms with E-state index in [1.165, 1.54) is 41.4 Å². The van der Waals surface area contributed by atoms with Gasteiger partial charge in [-0.3, -0.25) is 0 Å². The Balaban J connectivity index is 1.55. The van der Waals surface area contributed by atoms with E-state index in [0.717, 1.165) is 11.4 Å². The van der Waals surface area contributed by atoms with Crippen LogP contribution in [0.5, 0.6) is 0 Å². The van der Waals surface area contributed by atoms with Crippen molar-refractivity contribution in [1.82, 2.24) is 9.55 Å². The Morgan fingerprint density at radius 2 is 1.92 bits per heavy atom. The highest BCUT2D eigenvalue weighted by Gasteiger charge is 2.21. The van der Waals surface area contributed by atoms with Crippen molar-refractivity contribution in [3.05, 3.63) is 59.9 Å². The molecule has 3 nitrogen and oxygen atoms in total. The lowest BCUT2D eigenvalue weighted by Gasteiger charge is -2.18. The number of benzene rings is 1. The molecule has 4 heteroatoms. The summed E-state index contributed by atoms with van der Waals surface area (Å²) in [6, 6.07) is 14.5. The highest BCUT2D eigenvalue weighted by Crippen LogP contribution is 2.32. The van der Waals surface area contributed by atoms with Gasteiger partial charge >= 0.3 is 0 Å². The van der Waals surface area contributed by atoms with Gasteiger partial charge in [-0.25, -0.2) is 4.98 Å². The predicted molar refractivity (Wildman–Crippen MR) is 99.5 cm³/mol. The molecule has 0 amide bonds. The molecule has 0 spiro atoms. The normalized spacial score (nSPS) is 15.4. The topological polar surface area (TPSA) is 38.1 Å². The molecule has 1 N–H and O–H groups in total. The van der Waals surface area contributed by atoms with Gasteiger partial charge in [-0.2, -0.15) is 0 Å². The molecule has 3 aromatic rings. The van der Waals surface area contributed by atoms with Gasteiger partial charge in [-0.15, -0.1) is 11.8 Å². The summed E-state index contributed by atoms with van der Waals surface area (Å²) >= 11 is 1.62. The molecule has 2 aromatic heterocycles. The largest absolute Gasteiger partial charge is 0.390 e. The second-order valence-electron chi connectivity index (χ2n) is 6.39. The van der Waals surface area contributed by atoms with Gasteiger partial charge in [0.1, 0.15) is 0 Å². The second-order valence-corrected chi connectivity index (χ2v) is 7.43. The summed E-state index contributed by atoms with van der Waals surface area (Å²) in [7, 11) is 0. The molecule has 124 valence electrons. The smallest absolute Gasteiger partial charge is 0.0960 e. The summed E-state index contributed by atoms with van der Waals surface area (Å²) in [6.07, 6.45) is 6.25. The first-order valence-corrected chi connectivity index (χ1v) is 9.62. The molecule has 4 rings (SSSR count). The molecule has 0 unspecified atom stereocenters. The van der Waals surface area contributed by atoms with Crippen LogP contribution in [0, 0.1) is 0 Å². The molecule has 1 aliphatic carbocycles. The maximum atomic E-state index is 10.6. The van der Waals surface area contributed by atoms with Gasteiger partial charge in [0, 0.05) is 35.1 Å². The van der Waals surface area contributed by atoms with Gasteiger partial charge in [0.2, 0.25) is 0 Å². The lowest BCUT2D eigenvalue weighted by Crippen LogP contribution is -2.21. The lowest BCUT2D eigenvalue weighted by molar-refractivity contribution is 0.178. The monoisotopic (exact) mass is 338 g/mol. The highest BCUT2D eigenvalue weighted by atomic mass is 32.2. The SMILES string of the molecule is O[C@@H](CSc1ccccn1)Cn1c2c(c3ccccc31)CCCC2. The zero-order valence-electron chi connectivity index (χ0n) is 13.7. The zero-order chi connectivity index (χ0) is 16.4. The molecular weight excluding hydrogens is 316 g/mol. The molecule has 0 saturated carbocycles. The average Bonchev–Trinajstić information content (AvgIpc) is 2.95. The van der Waals surface area contributed by atoms with Gasteiger partial charge in [0.15, 0.2) is 0 Å². The Kier molecular flexibility index (Phi) is 4.58. The van der Waals surface area contributed by atoms with Gasteiger partial charge in [-0.1, -0.05) is 24.3 Å². The predicted octanol–water partition coefficient (Wildman–Crippen LogP) is 4.07. The standard InChI is InChI=1S/C20H22N2OS/c23-15(14-24-20-11-5-6-12-21-20)13-22-18-9-3-1-7-16(18)17-8-2-4-10-19(17)22/h1,3,5-7,9,11-12,15,23H,2,4,8,10,13-14H2/t15-/m1/s1. The summed E-state index contributed by atoms with van der Waals surface area (Å²) in [6.45, 7) is 0.662. The van der Waals surface area contributed by atoms with Crippen LogP contribution in [0.4, 0.5) is 0 Å². The van der Waals surface area contributed by atoms with Crippen LogP contribution in [-0.4, -0.2) is 26.5 Å². The van der Waals surface area contributed by atoms with Crippen molar-refractivity contribution in [2.45, 2.75) is 43.4 Å². The van der Waals surface area contributed by atoms with Gasteiger partial charge < -0.3 is 9.67 Å². The zero-order valence-corrected chi connectivity index (χ0v) is 14.5. The van der Waals surface area contributed by atoms with E-state index in [2.05, 4.69) is 33.8 Å². The van der Waals surface area contributed by atoms with Crippen molar-refractivity contribution in [2.24, 2.45) is 0 Å². The highest BCUT2D eigenvalue weighted by molar-refractivity contribution is 7.99. The van der Waals surface area contributed by atoms with E-state index in [1.54, 1.807) is 18.0 Å². The molecule has 0 bridgehead atoms. The average molecular weight is 338 g/mol. The van der Waals surface area contributed by atoms with Gasteiger partial charge in [0.05, 0.1) is 11.1 Å². The van der Waals surface area contributed by atoms with Crippen molar-refractivity contribution >= 4 is 22.7 Å². The Hall–Kier alpha value is -1.78. The number of rotatable bonds is 5. The Labute approximate surface area is 146 Å². The number of thioether (sulfide) groups is 1. The van der Waals surface area contributed by atoms with Crippen molar-refractivity contribution < 1.29 is 5.11 Å². The number of aryl methyl sites for hydroxylation is 1. The number of fused-ring (bicyclic) bond motifs is 3. The molecule has 0 fully saturated rings. The Morgan fingerprint density at radius 3 is 2.79 bits per heavy atom. The number of pyridine rings is 1. The summed E-state index contributed by atoms with van der Waals surface area (Å²) in [5.74, 6) is 0.665. The number of para-hydroxylation sites is 1. The molecular formula is C20H22N2OS. The van der Waals surface area contributed by atoms with Gasteiger partial charge in [0.25, 0.3) is 0 Å². The van der Waals surface area contributed by atoms with Crippen LogP contribution < -0.4 is 0 Å². The quantitative estimate of drug-likeness (QED) is 0.713. The second kappa shape index (κ2) is 6.99. The summed E-state index contributed by atoms with van der Waals surface area (Å²) < 4.78 is 2.35. The van der Waals surface area contributed by atoms with Crippen LogP contribution in [0.1, 0.15) is 24.1 Å². The fourth-order valence-electron chi connectivity index (χ4n) is 3.67. The maximum Gasteiger partial charge on any atom is 0.0960 e. The third-order valence-corrected chi connectivity index (χ3v) is 5.83. The number of hydrogen-bond donors (Lipinski definition) is 1. The van der Waals surface area contributed by atoms with Crippen LogP contribution in [0.2, 0.25) is 0 Å². The molecule has 1 aromatic carbocycles. The summed E-state index contributed by atoms with van der Waals surface area (Å²) in [5.41, 5.74) is 4.21. The first-order valence-electron chi connectivity index (χ1n) is 8.64. The molecule has 0 aliphatic heterocycles. The van der Waals surface area contributed by atoms with E-state index in [1.807, 2.05) is 18.2 Å². The van der Waals surface area contributed by atoms with E-state index >= 15 is 0 Å². The third-order valence-electron chi connectivity index (χ3n) is 4.74. The summed E-state index contributed by atoms with van der Waals surface area (Å²) in [4.78, 5) is 4.31. The van der Waals surface area contributed by atoms with Crippen LogP contribution in [0.15, 0.2) is 53.7 Å². The van der Waals surface area contributed by atoms with Crippen LogP contribution in [0.3, 0.4) is 0 Å². The molecule has 1 aliphatic rings. The first-order chi connectivity index (χ1) is 11.8. The minimum absolute atomic E-state index is 0.376. The number of aliphatic hydroxyl groups excluding tert-OH is 1. The lowest BCUT2D eigenvalue weighted by atomic mass is 9.95. The fourth-order valence-corrected chi connectivity index (χ4v) is 4.45. The molecule has 1 atom stereocenters. The number of aromatic nitrogens is 2. The van der Waals surface area contributed by atoms with Crippen molar-refractivity contribution in [1.29, 1.82) is 0 Å². The minimum atomic E-state index is -0.376. The first kappa shape index (κ1) is 15.7.